The lowest BCUT2D eigenvalue weighted by molar-refractivity contribution is 0.233. The van der Waals surface area contributed by atoms with Crippen molar-refractivity contribution in [2.45, 2.75) is 19.9 Å². The van der Waals surface area contributed by atoms with Crippen molar-refractivity contribution >= 4 is 0 Å². The van der Waals surface area contributed by atoms with E-state index in [4.69, 9.17) is 0 Å². The quantitative estimate of drug-likeness (QED) is 0.690. The van der Waals surface area contributed by atoms with Crippen molar-refractivity contribution in [3.05, 3.63) is 18.0 Å². The van der Waals surface area contributed by atoms with Crippen LogP contribution in [0.3, 0.4) is 0 Å². The molecule has 0 aliphatic heterocycles. The Kier molecular flexibility index (Phi) is 6.18. The molecule has 0 amide bonds. The summed E-state index contributed by atoms with van der Waals surface area (Å²) in [6.45, 7) is 8.43. The van der Waals surface area contributed by atoms with Crippen LogP contribution in [0.1, 0.15) is 25.5 Å². The Bertz CT molecular complexity index is 309. The van der Waals surface area contributed by atoms with Gasteiger partial charge in [0.15, 0.2) is 0 Å². The zero-order chi connectivity index (χ0) is 12.7. The van der Waals surface area contributed by atoms with Gasteiger partial charge in [0.1, 0.15) is 0 Å². The Morgan fingerprint density at radius 2 is 2.18 bits per heavy atom. The number of likely N-dealkylation sites (N-methyl/N-ethyl adjacent to an activating group) is 1. The molecule has 1 heterocycles. The molecule has 2 N–H and O–H groups in total. The number of aliphatic hydroxyl groups is 1. The van der Waals surface area contributed by atoms with Crippen molar-refractivity contribution in [3.8, 4) is 0 Å². The largest absolute Gasteiger partial charge is 0.394 e. The summed E-state index contributed by atoms with van der Waals surface area (Å²) in [5.41, 5.74) is 1.04. The molecule has 0 bridgehead atoms. The molecule has 1 aromatic heterocycles. The number of nitrogens with zero attached hydrogens (tertiary/aromatic N) is 3. The molecular weight excluding hydrogens is 216 g/mol. The zero-order valence-electron chi connectivity index (χ0n) is 11.1. The van der Waals surface area contributed by atoms with E-state index in [1.165, 1.54) is 0 Å². The van der Waals surface area contributed by atoms with E-state index < -0.39 is 0 Å². The first-order valence-electron chi connectivity index (χ1n) is 6.26. The molecule has 5 nitrogen and oxygen atoms in total. The zero-order valence-corrected chi connectivity index (χ0v) is 11.1. The maximum Gasteiger partial charge on any atom is 0.0627 e. The molecule has 0 aliphatic rings. The van der Waals surface area contributed by atoms with E-state index >= 15 is 0 Å². The topological polar surface area (TPSA) is 53.3 Å². The molecule has 0 aromatic carbocycles. The summed E-state index contributed by atoms with van der Waals surface area (Å²) in [6, 6.07) is -0.0146. The minimum absolute atomic E-state index is 0.0146. The molecule has 5 heteroatoms. The van der Waals surface area contributed by atoms with Crippen molar-refractivity contribution in [2.24, 2.45) is 7.05 Å². The maximum absolute atomic E-state index is 9.36. The first-order valence-corrected chi connectivity index (χ1v) is 6.26. The van der Waals surface area contributed by atoms with E-state index in [2.05, 4.69) is 29.2 Å². The van der Waals surface area contributed by atoms with Crippen LogP contribution in [-0.2, 0) is 7.05 Å². The van der Waals surface area contributed by atoms with E-state index in [-0.39, 0.29) is 12.6 Å². The van der Waals surface area contributed by atoms with Gasteiger partial charge < -0.3 is 15.3 Å². The Morgan fingerprint density at radius 3 is 2.65 bits per heavy atom. The number of aliphatic hydroxyl groups excluding tert-OH is 1. The second-order valence-electron chi connectivity index (χ2n) is 4.16. The van der Waals surface area contributed by atoms with Crippen LogP contribution in [0, 0.1) is 0 Å². The number of nitrogens with one attached hydrogen (secondary N) is 1. The SMILES string of the molecule is CCN(CC)CCNC(CO)c1cnn(C)c1. The van der Waals surface area contributed by atoms with Gasteiger partial charge in [-0.1, -0.05) is 13.8 Å². The third-order valence-corrected chi connectivity index (χ3v) is 3.02. The highest BCUT2D eigenvalue weighted by Crippen LogP contribution is 2.10. The van der Waals surface area contributed by atoms with E-state index in [1.54, 1.807) is 10.9 Å². The van der Waals surface area contributed by atoms with Gasteiger partial charge in [-0.2, -0.15) is 5.10 Å². The van der Waals surface area contributed by atoms with Crippen LogP contribution in [0.25, 0.3) is 0 Å². The van der Waals surface area contributed by atoms with Gasteiger partial charge in [-0.25, -0.2) is 0 Å². The average molecular weight is 240 g/mol. The molecule has 0 fully saturated rings. The van der Waals surface area contributed by atoms with E-state index in [1.807, 2.05) is 13.2 Å². The van der Waals surface area contributed by atoms with Crippen molar-refractivity contribution in [1.82, 2.24) is 20.0 Å². The summed E-state index contributed by atoms with van der Waals surface area (Å²) in [5.74, 6) is 0. The highest BCUT2D eigenvalue weighted by molar-refractivity contribution is 5.10. The van der Waals surface area contributed by atoms with Crippen molar-refractivity contribution in [3.63, 3.8) is 0 Å². The smallest absolute Gasteiger partial charge is 0.0627 e. The lowest BCUT2D eigenvalue weighted by atomic mass is 10.2. The monoisotopic (exact) mass is 240 g/mol. The molecule has 0 radical (unpaired) electrons. The second-order valence-corrected chi connectivity index (χ2v) is 4.16. The summed E-state index contributed by atoms with van der Waals surface area (Å²) in [5, 5.41) is 16.8. The number of aromatic nitrogens is 2. The molecule has 1 rings (SSSR count). The number of rotatable bonds is 8. The van der Waals surface area contributed by atoms with Crippen molar-refractivity contribution < 1.29 is 5.11 Å². The predicted octanol–water partition coefficient (Wildman–Crippen LogP) is 0.385. The normalized spacial score (nSPS) is 13.2. The molecule has 98 valence electrons. The Morgan fingerprint density at radius 1 is 1.47 bits per heavy atom. The van der Waals surface area contributed by atoms with E-state index in [9.17, 15) is 5.11 Å². The van der Waals surface area contributed by atoms with Gasteiger partial charge in [-0.15, -0.1) is 0 Å². The summed E-state index contributed by atoms with van der Waals surface area (Å²) in [6.07, 6.45) is 3.73. The molecule has 1 aromatic rings. The second kappa shape index (κ2) is 7.42. The molecule has 0 saturated heterocycles. The fourth-order valence-electron chi connectivity index (χ4n) is 1.84. The van der Waals surface area contributed by atoms with Gasteiger partial charge in [0, 0.05) is 31.9 Å². The van der Waals surface area contributed by atoms with Crippen LogP contribution >= 0.6 is 0 Å². The first kappa shape index (κ1) is 14.2. The lowest BCUT2D eigenvalue weighted by Crippen LogP contribution is -2.34. The highest BCUT2D eigenvalue weighted by Gasteiger charge is 2.11. The molecule has 0 saturated carbocycles. The average Bonchev–Trinajstić information content (AvgIpc) is 2.76. The number of hydrogen-bond acceptors (Lipinski definition) is 4. The van der Waals surface area contributed by atoms with Crippen LogP contribution < -0.4 is 5.32 Å². The lowest BCUT2D eigenvalue weighted by Gasteiger charge is -2.20. The van der Waals surface area contributed by atoms with Crippen LogP contribution in [0.2, 0.25) is 0 Å². The third kappa shape index (κ3) is 4.46. The first-order chi connectivity index (χ1) is 8.21. The molecule has 17 heavy (non-hydrogen) atoms. The molecule has 0 aliphatic carbocycles. The van der Waals surface area contributed by atoms with Crippen molar-refractivity contribution in [2.75, 3.05) is 32.8 Å². The molecule has 1 atom stereocenters. The van der Waals surface area contributed by atoms with Gasteiger partial charge in [-0.05, 0) is 13.1 Å². The molecule has 1 unspecified atom stereocenters. The summed E-state index contributed by atoms with van der Waals surface area (Å²) >= 11 is 0. The van der Waals surface area contributed by atoms with E-state index in [0.29, 0.717) is 0 Å². The Hall–Kier alpha value is -0.910. The van der Waals surface area contributed by atoms with Gasteiger partial charge in [-0.3, -0.25) is 4.68 Å². The fraction of sp³-hybridized carbons (Fsp3) is 0.750. The van der Waals surface area contributed by atoms with Crippen molar-refractivity contribution in [1.29, 1.82) is 0 Å². The van der Waals surface area contributed by atoms with Gasteiger partial charge in [0.05, 0.1) is 18.8 Å². The summed E-state index contributed by atoms with van der Waals surface area (Å²) in [4.78, 5) is 2.35. The van der Waals surface area contributed by atoms with Gasteiger partial charge >= 0.3 is 0 Å². The van der Waals surface area contributed by atoms with Crippen LogP contribution in [-0.4, -0.2) is 52.6 Å². The Labute approximate surface area is 103 Å². The maximum atomic E-state index is 9.36. The summed E-state index contributed by atoms with van der Waals surface area (Å²) < 4.78 is 1.75. The van der Waals surface area contributed by atoms with E-state index in [0.717, 1.165) is 31.7 Å². The number of hydrogen-bond donors (Lipinski definition) is 2. The van der Waals surface area contributed by atoms with Crippen LogP contribution in [0.4, 0.5) is 0 Å². The standard InChI is InChI=1S/C12H24N4O/c1-4-16(5-2)7-6-13-12(10-17)11-8-14-15(3)9-11/h8-9,12-13,17H,4-7,10H2,1-3H3. The highest BCUT2D eigenvalue weighted by atomic mass is 16.3. The minimum atomic E-state index is -0.0146. The minimum Gasteiger partial charge on any atom is -0.394 e. The van der Waals surface area contributed by atoms with Gasteiger partial charge in [0.2, 0.25) is 0 Å². The van der Waals surface area contributed by atoms with Crippen LogP contribution in [0.15, 0.2) is 12.4 Å². The number of aryl methyl sites for hydroxylation is 1. The third-order valence-electron chi connectivity index (χ3n) is 3.02. The predicted molar refractivity (Wildman–Crippen MR) is 68.8 cm³/mol. The van der Waals surface area contributed by atoms with Gasteiger partial charge in [0.25, 0.3) is 0 Å². The molecular formula is C12H24N4O. The fourth-order valence-corrected chi connectivity index (χ4v) is 1.84. The Balaban J connectivity index is 2.38. The van der Waals surface area contributed by atoms with Crippen LogP contribution in [0.5, 0.6) is 0 Å². The molecule has 0 spiro atoms. The summed E-state index contributed by atoms with van der Waals surface area (Å²) in [7, 11) is 1.88.